The van der Waals surface area contributed by atoms with E-state index in [2.05, 4.69) is 63.4 Å². The van der Waals surface area contributed by atoms with Crippen molar-refractivity contribution in [3.8, 4) is 0 Å². The van der Waals surface area contributed by atoms with E-state index in [1.807, 2.05) is 0 Å². The molecule has 0 spiro atoms. The standard InChI is InChI=1S/C15H25N2/c1-16(2)12-15(10-11-17(3,4)13-15)14-8-6-5-7-9-14/h5-9H,10-13H2,1-4H3/q+1. The number of likely N-dealkylation sites (tertiary alicyclic amines) is 1. The molecule has 94 valence electrons. The predicted octanol–water partition coefficient (Wildman–Crippen LogP) is 1.97. The summed E-state index contributed by atoms with van der Waals surface area (Å²) in [6, 6.07) is 11.1. The van der Waals surface area contributed by atoms with Crippen LogP contribution in [-0.2, 0) is 5.41 Å². The largest absolute Gasteiger partial charge is 0.328 e. The average Bonchev–Trinajstić information content (AvgIpc) is 2.56. The lowest BCUT2D eigenvalue weighted by Gasteiger charge is -2.33. The molecule has 2 rings (SSSR count). The van der Waals surface area contributed by atoms with Gasteiger partial charge in [0.2, 0.25) is 0 Å². The molecular formula is C15H25N2+. The molecule has 1 fully saturated rings. The van der Waals surface area contributed by atoms with Gasteiger partial charge in [0.25, 0.3) is 0 Å². The van der Waals surface area contributed by atoms with Crippen molar-refractivity contribution in [1.29, 1.82) is 0 Å². The van der Waals surface area contributed by atoms with E-state index in [0.29, 0.717) is 5.41 Å². The second-order valence-electron chi connectivity index (χ2n) is 6.45. The first kappa shape index (κ1) is 12.6. The van der Waals surface area contributed by atoms with Gasteiger partial charge in [-0.05, 0) is 19.7 Å². The molecule has 0 aliphatic carbocycles. The van der Waals surface area contributed by atoms with Crippen LogP contribution in [-0.4, -0.2) is 57.2 Å². The van der Waals surface area contributed by atoms with Crippen LogP contribution >= 0.6 is 0 Å². The van der Waals surface area contributed by atoms with Crippen molar-refractivity contribution in [3.05, 3.63) is 35.9 Å². The summed E-state index contributed by atoms with van der Waals surface area (Å²) in [5, 5.41) is 0. The van der Waals surface area contributed by atoms with Crippen molar-refractivity contribution in [3.63, 3.8) is 0 Å². The zero-order chi connectivity index (χ0) is 12.5. The van der Waals surface area contributed by atoms with Gasteiger partial charge in [0.1, 0.15) is 0 Å². The van der Waals surface area contributed by atoms with E-state index in [9.17, 15) is 0 Å². The minimum atomic E-state index is 0.342. The third-order valence-electron chi connectivity index (χ3n) is 3.93. The Morgan fingerprint density at radius 3 is 2.29 bits per heavy atom. The normalized spacial score (nSPS) is 27.6. The second kappa shape index (κ2) is 4.43. The van der Waals surface area contributed by atoms with Gasteiger partial charge in [0.15, 0.2) is 0 Å². The number of hydrogen-bond donors (Lipinski definition) is 0. The fourth-order valence-corrected chi connectivity index (χ4v) is 3.35. The minimum Gasteiger partial charge on any atom is -0.328 e. The monoisotopic (exact) mass is 233 g/mol. The number of quaternary nitrogens is 1. The van der Waals surface area contributed by atoms with E-state index in [0.717, 1.165) is 11.0 Å². The highest BCUT2D eigenvalue weighted by Gasteiger charge is 2.45. The van der Waals surface area contributed by atoms with Crippen molar-refractivity contribution < 1.29 is 4.48 Å². The summed E-state index contributed by atoms with van der Waals surface area (Å²) >= 11 is 0. The fourth-order valence-electron chi connectivity index (χ4n) is 3.35. The highest BCUT2D eigenvalue weighted by atomic mass is 15.3. The Kier molecular flexibility index (Phi) is 3.28. The summed E-state index contributed by atoms with van der Waals surface area (Å²) in [7, 11) is 9.06. The highest BCUT2D eigenvalue weighted by molar-refractivity contribution is 5.27. The van der Waals surface area contributed by atoms with Gasteiger partial charge in [-0.25, -0.2) is 0 Å². The zero-order valence-corrected chi connectivity index (χ0v) is 11.6. The van der Waals surface area contributed by atoms with Crippen LogP contribution in [0.5, 0.6) is 0 Å². The van der Waals surface area contributed by atoms with Gasteiger partial charge in [0.05, 0.1) is 32.6 Å². The molecule has 0 amide bonds. The maximum absolute atomic E-state index is 2.35. The average molecular weight is 233 g/mol. The van der Waals surface area contributed by atoms with Crippen molar-refractivity contribution in [2.45, 2.75) is 11.8 Å². The first-order chi connectivity index (χ1) is 7.94. The molecule has 1 aromatic carbocycles. The molecule has 1 unspecified atom stereocenters. The molecule has 1 aromatic rings. The van der Waals surface area contributed by atoms with E-state index in [4.69, 9.17) is 0 Å². The Morgan fingerprint density at radius 2 is 1.82 bits per heavy atom. The minimum absolute atomic E-state index is 0.342. The molecule has 0 bridgehead atoms. The molecule has 1 aliphatic heterocycles. The zero-order valence-electron chi connectivity index (χ0n) is 11.6. The molecule has 17 heavy (non-hydrogen) atoms. The fraction of sp³-hybridized carbons (Fsp3) is 0.600. The van der Waals surface area contributed by atoms with E-state index in [1.165, 1.54) is 25.1 Å². The molecule has 0 saturated carbocycles. The third kappa shape index (κ3) is 2.70. The van der Waals surface area contributed by atoms with E-state index in [1.54, 1.807) is 0 Å². The van der Waals surface area contributed by atoms with Gasteiger partial charge in [0, 0.05) is 13.0 Å². The Morgan fingerprint density at radius 1 is 1.18 bits per heavy atom. The number of benzene rings is 1. The van der Waals surface area contributed by atoms with Crippen LogP contribution in [0.2, 0.25) is 0 Å². The number of rotatable bonds is 3. The maximum atomic E-state index is 2.35. The Labute approximate surface area is 105 Å². The summed E-state index contributed by atoms with van der Waals surface area (Å²) in [6.07, 6.45) is 1.29. The number of hydrogen-bond acceptors (Lipinski definition) is 1. The molecule has 1 saturated heterocycles. The van der Waals surface area contributed by atoms with Crippen LogP contribution in [0.25, 0.3) is 0 Å². The van der Waals surface area contributed by atoms with Crippen molar-refractivity contribution in [2.75, 3.05) is 47.8 Å². The highest BCUT2D eigenvalue weighted by Crippen LogP contribution is 2.37. The Bertz CT molecular complexity index is 370. The molecule has 0 radical (unpaired) electrons. The van der Waals surface area contributed by atoms with Gasteiger partial charge in [-0.1, -0.05) is 30.3 Å². The summed E-state index contributed by atoms with van der Waals surface area (Å²) in [5.74, 6) is 0. The van der Waals surface area contributed by atoms with Gasteiger partial charge >= 0.3 is 0 Å². The van der Waals surface area contributed by atoms with Crippen LogP contribution in [0.15, 0.2) is 30.3 Å². The van der Waals surface area contributed by atoms with E-state index >= 15 is 0 Å². The molecule has 1 heterocycles. The van der Waals surface area contributed by atoms with Gasteiger partial charge in [-0.3, -0.25) is 0 Å². The van der Waals surface area contributed by atoms with Crippen LogP contribution < -0.4 is 0 Å². The Hall–Kier alpha value is -0.860. The first-order valence-corrected chi connectivity index (χ1v) is 6.46. The SMILES string of the molecule is CN(C)CC1(c2ccccc2)CC[N+](C)(C)C1. The molecule has 0 N–H and O–H groups in total. The quantitative estimate of drug-likeness (QED) is 0.722. The van der Waals surface area contributed by atoms with Crippen LogP contribution in [0, 0.1) is 0 Å². The summed E-state index contributed by atoms with van der Waals surface area (Å²) in [4.78, 5) is 2.33. The van der Waals surface area contributed by atoms with Crippen molar-refractivity contribution in [2.24, 2.45) is 0 Å². The lowest BCUT2D eigenvalue weighted by molar-refractivity contribution is -0.879. The lowest BCUT2D eigenvalue weighted by atomic mass is 9.79. The van der Waals surface area contributed by atoms with Gasteiger partial charge < -0.3 is 9.38 Å². The van der Waals surface area contributed by atoms with E-state index in [-0.39, 0.29) is 0 Å². The smallest absolute Gasteiger partial charge is 0.0895 e. The Balaban J connectivity index is 2.32. The number of likely N-dealkylation sites (N-methyl/N-ethyl adjacent to an activating group) is 2. The number of nitrogens with zero attached hydrogens (tertiary/aromatic N) is 2. The van der Waals surface area contributed by atoms with Crippen LogP contribution in [0.3, 0.4) is 0 Å². The van der Waals surface area contributed by atoms with Crippen LogP contribution in [0.1, 0.15) is 12.0 Å². The summed E-state index contributed by atoms with van der Waals surface area (Å²) in [6.45, 7) is 3.68. The topological polar surface area (TPSA) is 3.24 Å². The third-order valence-corrected chi connectivity index (χ3v) is 3.93. The molecule has 0 aromatic heterocycles. The molecule has 1 atom stereocenters. The van der Waals surface area contributed by atoms with E-state index < -0.39 is 0 Å². The van der Waals surface area contributed by atoms with Crippen molar-refractivity contribution in [1.82, 2.24) is 4.90 Å². The summed E-state index contributed by atoms with van der Waals surface area (Å²) in [5.41, 5.74) is 1.85. The predicted molar refractivity (Wildman–Crippen MR) is 73.1 cm³/mol. The van der Waals surface area contributed by atoms with Crippen molar-refractivity contribution >= 4 is 0 Å². The maximum Gasteiger partial charge on any atom is 0.0895 e. The second-order valence-corrected chi connectivity index (χ2v) is 6.45. The molecule has 2 nitrogen and oxygen atoms in total. The van der Waals surface area contributed by atoms with Gasteiger partial charge in [-0.15, -0.1) is 0 Å². The first-order valence-electron chi connectivity index (χ1n) is 6.46. The summed E-state index contributed by atoms with van der Waals surface area (Å²) < 4.78 is 1.14. The molecule has 2 heteroatoms. The molecular weight excluding hydrogens is 208 g/mol. The molecule has 1 aliphatic rings. The van der Waals surface area contributed by atoms with Crippen LogP contribution in [0.4, 0.5) is 0 Å². The lowest BCUT2D eigenvalue weighted by Crippen LogP contribution is -2.45. The van der Waals surface area contributed by atoms with Gasteiger partial charge in [-0.2, -0.15) is 0 Å².